The number of hydrogen-bond donors (Lipinski definition) is 2. The van der Waals surface area contributed by atoms with E-state index in [0.29, 0.717) is 11.5 Å². The molecular weight excluding hydrogens is 286 g/mol. The van der Waals surface area contributed by atoms with Crippen molar-refractivity contribution in [2.45, 2.75) is 19.3 Å². The van der Waals surface area contributed by atoms with E-state index in [4.69, 9.17) is 26.8 Å². The summed E-state index contributed by atoms with van der Waals surface area (Å²) in [4.78, 5) is 3.78. The van der Waals surface area contributed by atoms with Gasteiger partial charge in [-0.05, 0) is 48.1 Å². The molecule has 0 unspecified atom stereocenters. The van der Waals surface area contributed by atoms with Crippen molar-refractivity contribution in [1.29, 1.82) is 10.8 Å². The third-order valence-electron chi connectivity index (χ3n) is 3.56. The molecule has 4 nitrogen and oxygen atoms in total. The van der Waals surface area contributed by atoms with Crippen molar-refractivity contribution in [3.63, 3.8) is 0 Å². The molecule has 1 heterocycles. The van der Waals surface area contributed by atoms with Crippen molar-refractivity contribution in [2.75, 3.05) is 0 Å². The third kappa shape index (κ3) is 2.81. The summed E-state index contributed by atoms with van der Waals surface area (Å²) in [6.07, 6.45) is 5.81. The Morgan fingerprint density at radius 2 is 2.10 bits per heavy atom. The molecule has 0 saturated carbocycles. The molecule has 1 aromatic carbocycles. The molecule has 0 amide bonds. The zero-order chi connectivity index (χ0) is 14.8. The lowest BCUT2D eigenvalue weighted by atomic mass is 9.98. The van der Waals surface area contributed by atoms with Gasteiger partial charge in [0.1, 0.15) is 0 Å². The van der Waals surface area contributed by atoms with Crippen LogP contribution in [0.2, 0.25) is 5.35 Å². The number of fused-ring (bicyclic) bond motifs is 1. The highest BCUT2D eigenvalue weighted by atomic mass is 35.5. The number of nitrogens with one attached hydrogen (secondary N) is 2. The lowest BCUT2D eigenvalue weighted by molar-refractivity contribution is 0.551. The molecule has 21 heavy (non-hydrogen) atoms. The van der Waals surface area contributed by atoms with Crippen LogP contribution in [0.4, 0.5) is 0 Å². The molecule has 3 rings (SSSR count). The van der Waals surface area contributed by atoms with Crippen LogP contribution in [0.5, 0.6) is 0 Å². The number of benzene rings is 1. The van der Waals surface area contributed by atoms with Gasteiger partial charge in [0.2, 0.25) is 0 Å². The van der Waals surface area contributed by atoms with E-state index >= 15 is 0 Å². The summed E-state index contributed by atoms with van der Waals surface area (Å²) >= 11 is 5.63. The van der Waals surface area contributed by atoms with E-state index in [9.17, 15) is 0 Å². The Balaban J connectivity index is 1.94. The molecule has 0 aliphatic heterocycles. The number of rotatable bonds is 2. The molecule has 1 aromatic heterocycles. The molecule has 1 aliphatic rings. The second-order valence-corrected chi connectivity index (χ2v) is 5.27. The molecule has 1 aliphatic carbocycles. The molecule has 2 N–H and O–H groups in total. The van der Waals surface area contributed by atoms with Crippen molar-refractivity contribution in [3.8, 4) is 0 Å². The fourth-order valence-electron chi connectivity index (χ4n) is 2.52. The first-order valence-electron chi connectivity index (χ1n) is 6.73. The summed E-state index contributed by atoms with van der Waals surface area (Å²) < 4.78 is 5.14. The second-order valence-electron chi connectivity index (χ2n) is 4.95. The van der Waals surface area contributed by atoms with Crippen LogP contribution in [0.25, 0.3) is 0 Å². The zero-order valence-electron chi connectivity index (χ0n) is 11.3. The number of aryl methyl sites for hydroxylation is 1. The van der Waals surface area contributed by atoms with Gasteiger partial charge in [-0.25, -0.2) is 4.98 Å². The Hall–Kier alpha value is -2.20. The molecule has 0 fully saturated rings. The largest absolute Gasteiger partial charge is 0.426 e. The van der Waals surface area contributed by atoms with Crippen LogP contribution in [-0.2, 0) is 6.42 Å². The summed E-state index contributed by atoms with van der Waals surface area (Å²) in [6.45, 7) is 0. The highest BCUT2D eigenvalue weighted by Crippen LogP contribution is 2.24. The minimum absolute atomic E-state index is 0.0226. The van der Waals surface area contributed by atoms with Crippen molar-refractivity contribution in [3.05, 3.63) is 64.3 Å². The van der Waals surface area contributed by atoms with E-state index in [1.807, 2.05) is 18.2 Å². The van der Waals surface area contributed by atoms with E-state index in [1.54, 1.807) is 6.08 Å². The number of nitrogens with zero attached hydrogens (tertiary/aromatic N) is 1. The van der Waals surface area contributed by atoms with Gasteiger partial charge in [-0.2, -0.15) is 0 Å². The van der Waals surface area contributed by atoms with Crippen molar-refractivity contribution in [2.24, 2.45) is 0 Å². The van der Waals surface area contributed by atoms with Gasteiger partial charge in [0.25, 0.3) is 5.35 Å². The van der Waals surface area contributed by atoms with E-state index < -0.39 is 0 Å². The van der Waals surface area contributed by atoms with Gasteiger partial charge in [-0.15, -0.1) is 0 Å². The number of hydrogen-bond acceptors (Lipinski definition) is 4. The zero-order valence-corrected chi connectivity index (χ0v) is 12.1. The van der Waals surface area contributed by atoms with Gasteiger partial charge in [0, 0.05) is 5.56 Å². The van der Waals surface area contributed by atoms with Gasteiger partial charge in [0.05, 0.1) is 17.6 Å². The number of aromatic nitrogens is 1. The Morgan fingerprint density at radius 3 is 2.86 bits per heavy atom. The second kappa shape index (κ2) is 5.66. The average Bonchev–Trinajstić information content (AvgIpc) is 2.86. The normalized spacial score (nSPS) is 16.6. The van der Waals surface area contributed by atoms with Gasteiger partial charge < -0.3 is 4.42 Å². The van der Waals surface area contributed by atoms with Crippen molar-refractivity contribution in [1.82, 2.24) is 4.98 Å². The maximum atomic E-state index is 8.39. The lowest BCUT2D eigenvalue weighted by Gasteiger charge is -2.07. The van der Waals surface area contributed by atoms with Crippen LogP contribution in [0, 0.1) is 10.8 Å². The summed E-state index contributed by atoms with van der Waals surface area (Å²) in [5.74, 6) is 0.317. The van der Waals surface area contributed by atoms with Crippen molar-refractivity contribution < 1.29 is 4.42 Å². The number of allylic oxidation sites excluding steroid dienone is 2. The number of halogens is 1. The van der Waals surface area contributed by atoms with Crippen LogP contribution in [-0.4, -0.2) is 16.4 Å². The van der Waals surface area contributed by atoms with E-state index in [1.165, 1.54) is 11.8 Å². The molecule has 2 aromatic rings. The SMILES string of the molecule is N=C(/C=C1/CCCc2ccccc2C1=N)c1cnc(Cl)o1. The molecular formula is C16H14ClN3O. The molecule has 0 saturated heterocycles. The fraction of sp³-hybridized carbons (Fsp3) is 0.188. The molecule has 106 valence electrons. The van der Waals surface area contributed by atoms with E-state index in [0.717, 1.165) is 30.4 Å². The van der Waals surface area contributed by atoms with Gasteiger partial charge in [-0.1, -0.05) is 24.3 Å². The van der Waals surface area contributed by atoms with Crippen LogP contribution in [0.15, 0.2) is 46.5 Å². The smallest absolute Gasteiger partial charge is 0.292 e. The maximum Gasteiger partial charge on any atom is 0.292 e. The quantitative estimate of drug-likeness (QED) is 0.649. The molecule has 0 spiro atoms. The summed E-state index contributed by atoms with van der Waals surface area (Å²) in [6, 6.07) is 7.97. The summed E-state index contributed by atoms with van der Waals surface area (Å²) in [5.41, 5.74) is 3.66. The first kappa shape index (κ1) is 13.8. The summed E-state index contributed by atoms with van der Waals surface area (Å²) in [7, 11) is 0. The first-order chi connectivity index (χ1) is 10.1. The average molecular weight is 300 g/mol. The van der Waals surface area contributed by atoms with E-state index in [2.05, 4.69) is 11.1 Å². The molecule has 0 atom stereocenters. The molecule has 5 heteroatoms. The third-order valence-corrected chi connectivity index (χ3v) is 3.74. The predicted molar refractivity (Wildman–Crippen MR) is 82.6 cm³/mol. The monoisotopic (exact) mass is 299 g/mol. The molecule has 0 radical (unpaired) electrons. The topological polar surface area (TPSA) is 73.7 Å². The fourth-order valence-corrected chi connectivity index (χ4v) is 2.65. The molecule has 0 bridgehead atoms. The van der Waals surface area contributed by atoms with Crippen LogP contribution in [0.1, 0.15) is 29.7 Å². The van der Waals surface area contributed by atoms with Gasteiger partial charge >= 0.3 is 0 Å². The van der Waals surface area contributed by atoms with Gasteiger partial charge in [-0.3, -0.25) is 10.8 Å². The Labute approximate surface area is 127 Å². The Kier molecular flexibility index (Phi) is 3.71. The predicted octanol–water partition coefficient (Wildman–Crippen LogP) is 4.03. The standard InChI is InChI=1S/C16H14ClN3O/c17-16-20-9-14(21-16)13(18)8-11-6-3-5-10-4-1-2-7-12(10)15(11)19/h1-2,4,7-9,18-19H,3,5-6H2/b11-8-,18-13?,19-15?. The highest BCUT2D eigenvalue weighted by molar-refractivity contribution is 6.28. The van der Waals surface area contributed by atoms with Crippen LogP contribution in [0.3, 0.4) is 0 Å². The number of oxazole rings is 1. The first-order valence-corrected chi connectivity index (χ1v) is 7.11. The van der Waals surface area contributed by atoms with Crippen LogP contribution >= 0.6 is 11.6 Å². The maximum absolute atomic E-state index is 8.39. The minimum atomic E-state index is 0.0226. The van der Waals surface area contributed by atoms with Crippen molar-refractivity contribution >= 4 is 23.0 Å². The minimum Gasteiger partial charge on any atom is -0.426 e. The van der Waals surface area contributed by atoms with E-state index in [-0.39, 0.29) is 11.1 Å². The van der Waals surface area contributed by atoms with Gasteiger partial charge in [0.15, 0.2) is 5.76 Å². The Morgan fingerprint density at radius 1 is 1.29 bits per heavy atom. The Bertz CT molecular complexity index is 745. The highest BCUT2D eigenvalue weighted by Gasteiger charge is 2.17. The summed E-state index contributed by atoms with van der Waals surface area (Å²) in [5, 5.41) is 16.5. The lowest BCUT2D eigenvalue weighted by Crippen LogP contribution is -2.06. The van der Waals surface area contributed by atoms with Crippen LogP contribution < -0.4 is 0 Å².